The van der Waals surface area contributed by atoms with Gasteiger partial charge in [-0.15, -0.1) is 0 Å². The summed E-state index contributed by atoms with van der Waals surface area (Å²) in [6.45, 7) is 2.03. The lowest BCUT2D eigenvalue weighted by atomic mass is 10.0. The lowest BCUT2D eigenvalue weighted by molar-refractivity contribution is 0.666. The third-order valence-corrected chi connectivity index (χ3v) is 4.69. The molecule has 5 rings (SSSR count). The normalized spacial score (nSPS) is 11.7. The summed E-state index contributed by atoms with van der Waals surface area (Å²) in [5.74, 6) is 0. The van der Waals surface area contributed by atoms with E-state index in [1.165, 1.54) is 0 Å². The van der Waals surface area contributed by atoms with E-state index in [1.807, 2.05) is 45.5 Å². The molecule has 0 bridgehead atoms. The molecule has 0 spiro atoms. The molecule has 4 heterocycles. The minimum Gasteiger partial charge on any atom is -0.452 e. The van der Waals surface area contributed by atoms with Crippen molar-refractivity contribution in [1.82, 2.24) is 29.5 Å². The van der Waals surface area contributed by atoms with Gasteiger partial charge in [0.2, 0.25) is 0 Å². The van der Waals surface area contributed by atoms with Gasteiger partial charge in [0.05, 0.1) is 17.9 Å². The molecule has 4 aromatic heterocycles. The van der Waals surface area contributed by atoms with Gasteiger partial charge in [-0.1, -0.05) is 0 Å². The largest absolute Gasteiger partial charge is 0.452 e. The summed E-state index contributed by atoms with van der Waals surface area (Å²) in [5, 5.41) is 9.25. The van der Waals surface area contributed by atoms with Crippen molar-refractivity contribution in [2.24, 2.45) is 14.1 Å². The van der Waals surface area contributed by atoms with Gasteiger partial charge in [0.15, 0.2) is 5.58 Å². The number of nitrogens with one attached hydrogen (secondary N) is 1. The first-order chi connectivity index (χ1) is 13.0. The van der Waals surface area contributed by atoms with Gasteiger partial charge >= 0.3 is 5.69 Å². The number of aromatic amines is 1. The van der Waals surface area contributed by atoms with E-state index >= 15 is 0 Å². The fourth-order valence-electron chi connectivity index (χ4n) is 3.43. The Bertz CT molecular complexity index is 1380. The number of benzene rings is 1. The number of furan rings is 1. The Balaban J connectivity index is 1.84. The van der Waals surface area contributed by atoms with Crippen LogP contribution in [0.15, 0.2) is 46.1 Å². The van der Waals surface area contributed by atoms with Crippen LogP contribution >= 0.6 is 0 Å². The minimum atomic E-state index is -0.424. The van der Waals surface area contributed by atoms with E-state index in [0.717, 1.165) is 27.6 Å². The van der Waals surface area contributed by atoms with Crippen LogP contribution in [0, 0.1) is 6.92 Å². The number of aryl methyl sites for hydroxylation is 3. The molecule has 8 heteroatoms. The summed E-state index contributed by atoms with van der Waals surface area (Å²) in [6.07, 6.45) is 7.26. The zero-order chi connectivity index (χ0) is 18.7. The van der Waals surface area contributed by atoms with Crippen LogP contribution in [0.25, 0.3) is 44.5 Å². The molecule has 134 valence electrons. The molecule has 27 heavy (non-hydrogen) atoms. The Morgan fingerprint density at radius 2 is 1.74 bits per heavy atom. The van der Waals surface area contributed by atoms with Gasteiger partial charge in [0.1, 0.15) is 11.3 Å². The summed E-state index contributed by atoms with van der Waals surface area (Å²) >= 11 is 0. The van der Waals surface area contributed by atoms with E-state index in [2.05, 4.69) is 20.2 Å². The maximum atomic E-state index is 12.2. The molecule has 0 aliphatic rings. The standard InChI is InChI=1S/C19H16N6O2/c1-10-4-15-14(5-13(10)11-6-20-24(2)8-11)17-18(27-15)16(22-19(26)23-17)12-7-21-25(3)9-12/h4-9H,1-3H3,(H,22,23,26). The molecule has 5 aromatic rings. The monoisotopic (exact) mass is 360 g/mol. The zero-order valence-corrected chi connectivity index (χ0v) is 15.0. The first-order valence-corrected chi connectivity index (χ1v) is 8.45. The van der Waals surface area contributed by atoms with Crippen LogP contribution in [0.4, 0.5) is 0 Å². The van der Waals surface area contributed by atoms with Gasteiger partial charge in [0, 0.05) is 43.0 Å². The van der Waals surface area contributed by atoms with Gasteiger partial charge in [-0.3, -0.25) is 9.36 Å². The second-order valence-corrected chi connectivity index (χ2v) is 6.67. The molecule has 0 aliphatic heterocycles. The van der Waals surface area contributed by atoms with Gasteiger partial charge in [0.25, 0.3) is 0 Å². The number of rotatable bonds is 2. The Kier molecular flexibility index (Phi) is 3.12. The van der Waals surface area contributed by atoms with Crippen LogP contribution in [0.3, 0.4) is 0 Å². The van der Waals surface area contributed by atoms with E-state index in [9.17, 15) is 4.79 Å². The van der Waals surface area contributed by atoms with Crippen molar-refractivity contribution in [2.45, 2.75) is 6.92 Å². The van der Waals surface area contributed by atoms with Gasteiger partial charge in [-0.25, -0.2) is 4.79 Å². The van der Waals surface area contributed by atoms with Gasteiger partial charge < -0.3 is 9.40 Å². The van der Waals surface area contributed by atoms with E-state index in [0.29, 0.717) is 22.4 Å². The third-order valence-electron chi connectivity index (χ3n) is 4.69. The Labute approximate surface area is 153 Å². The quantitative estimate of drug-likeness (QED) is 0.522. The molecule has 0 atom stereocenters. The van der Waals surface area contributed by atoms with Crippen molar-refractivity contribution in [2.75, 3.05) is 0 Å². The summed E-state index contributed by atoms with van der Waals surface area (Å²) in [6, 6.07) is 4.00. The summed E-state index contributed by atoms with van der Waals surface area (Å²) in [7, 11) is 3.70. The molecule has 0 aliphatic carbocycles. The van der Waals surface area contributed by atoms with Crippen molar-refractivity contribution in [3.63, 3.8) is 0 Å². The fourth-order valence-corrected chi connectivity index (χ4v) is 3.43. The predicted octanol–water partition coefficient (Wildman–Crippen LogP) is 2.78. The maximum Gasteiger partial charge on any atom is 0.346 e. The van der Waals surface area contributed by atoms with Gasteiger partial charge in [-0.2, -0.15) is 15.2 Å². The van der Waals surface area contributed by atoms with Crippen LogP contribution < -0.4 is 5.69 Å². The Morgan fingerprint density at radius 1 is 1.04 bits per heavy atom. The van der Waals surface area contributed by atoms with E-state index in [-0.39, 0.29) is 0 Å². The molecule has 0 saturated heterocycles. The third kappa shape index (κ3) is 2.37. The van der Waals surface area contributed by atoms with Crippen LogP contribution in [-0.2, 0) is 14.1 Å². The second-order valence-electron chi connectivity index (χ2n) is 6.67. The molecule has 0 fully saturated rings. The lowest BCUT2D eigenvalue weighted by Gasteiger charge is -2.03. The average Bonchev–Trinajstić information content (AvgIpc) is 3.32. The summed E-state index contributed by atoms with van der Waals surface area (Å²) < 4.78 is 9.52. The lowest BCUT2D eigenvalue weighted by Crippen LogP contribution is -2.10. The van der Waals surface area contributed by atoms with Crippen LogP contribution in [0.2, 0.25) is 0 Å². The number of aromatic nitrogens is 6. The number of hydrogen-bond acceptors (Lipinski definition) is 5. The number of fused-ring (bicyclic) bond motifs is 3. The highest BCUT2D eigenvalue weighted by Gasteiger charge is 2.18. The smallest absolute Gasteiger partial charge is 0.346 e. The summed E-state index contributed by atoms with van der Waals surface area (Å²) in [4.78, 5) is 19.1. The molecule has 1 N–H and O–H groups in total. The van der Waals surface area contributed by atoms with Crippen LogP contribution in [0.5, 0.6) is 0 Å². The van der Waals surface area contributed by atoms with Crippen molar-refractivity contribution in [3.05, 3.63) is 53.0 Å². The van der Waals surface area contributed by atoms with Crippen molar-refractivity contribution >= 4 is 22.1 Å². The highest BCUT2D eigenvalue weighted by atomic mass is 16.3. The first kappa shape index (κ1) is 15.6. The SMILES string of the molecule is Cc1cc2oc3c(-c4cnn(C)c4)nc(=O)[nH]c3c2cc1-c1cnn(C)c1. The molecule has 0 radical (unpaired) electrons. The molecular formula is C19H16N6O2. The molecule has 1 aromatic carbocycles. The number of H-pyrrole nitrogens is 1. The fraction of sp³-hybridized carbons (Fsp3) is 0.158. The first-order valence-electron chi connectivity index (χ1n) is 8.45. The van der Waals surface area contributed by atoms with Crippen molar-refractivity contribution in [3.8, 4) is 22.4 Å². The molecule has 0 saturated carbocycles. The summed E-state index contributed by atoms with van der Waals surface area (Å²) in [5.41, 5.74) is 5.78. The zero-order valence-electron chi connectivity index (χ0n) is 15.0. The second kappa shape index (κ2) is 5.41. The molecule has 8 nitrogen and oxygen atoms in total. The van der Waals surface area contributed by atoms with Crippen LogP contribution in [-0.4, -0.2) is 29.5 Å². The topological polar surface area (TPSA) is 94.5 Å². The van der Waals surface area contributed by atoms with Crippen molar-refractivity contribution < 1.29 is 4.42 Å². The molecule has 0 amide bonds. The Hall–Kier alpha value is -3.68. The highest BCUT2D eigenvalue weighted by Crippen LogP contribution is 2.36. The average molecular weight is 360 g/mol. The van der Waals surface area contributed by atoms with E-state index in [4.69, 9.17) is 4.42 Å². The number of hydrogen-bond donors (Lipinski definition) is 1. The van der Waals surface area contributed by atoms with Gasteiger partial charge in [-0.05, 0) is 30.2 Å². The highest BCUT2D eigenvalue weighted by molar-refractivity contribution is 6.07. The van der Waals surface area contributed by atoms with Crippen LogP contribution in [0.1, 0.15) is 5.56 Å². The predicted molar refractivity (Wildman–Crippen MR) is 101 cm³/mol. The van der Waals surface area contributed by atoms with Crippen molar-refractivity contribution in [1.29, 1.82) is 0 Å². The maximum absolute atomic E-state index is 12.2. The van der Waals surface area contributed by atoms with E-state index < -0.39 is 5.69 Å². The minimum absolute atomic E-state index is 0.424. The van der Waals surface area contributed by atoms with E-state index in [1.54, 1.807) is 21.8 Å². The number of nitrogens with zero attached hydrogens (tertiary/aromatic N) is 5. The molecule has 0 unspecified atom stereocenters. The Morgan fingerprint density at radius 3 is 2.41 bits per heavy atom. The molecular weight excluding hydrogens is 344 g/mol.